The average Bonchev–Trinajstić information content (AvgIpc) is 2.80. The first-order chi connectivity index (χ1) is 15.7. The molecule has 1 atom stereocenters. The van der Waals surface area contributed by atoms with E-state index in [1.165, 1.54) is 30.3 Å². The molecule has 0 amide bonds. The van der Waals surface area contributed by atoms with Crippen molar-refractivity contribution < 1.29 is 31.4 Å². The van der Waals surface area contributed by atoms with Crippen molar-refractivity contribution >= 4 is 19.7 Å². The fourth-order valence-electron chi connectivity index (χ4n) is 3.28. The van der Waals surface area contributed by atoms with Crippen molar-refractivity contribution in [3.63, 3.8) is 0 Å². The largest absolute Gasteiger partial charge is 0.393 e. The fourth-order valence-corrected chi connectivity index (χ4v) is 7.69. The Balaban J connectivity index is 2.22. The quantitative estimate of drug-likeness (QED) is 0.314. The first kappa shape index (κ1) is 27.2. The number of ether oxygens (including phenoxy) is 2. The molecule has 0 bridgehead atoms. The summed E-state index contributed by atoms with van der Waals surface area (Å²) in [6.07, 6.45) is 1.98. The second-order valence-electron chi connectivity index (χ2n) is 7.32. The van der Waals surface area contributed by atoms with Gasteiger partial charge in [0.05, 0.1) is 15.9 Å². The minimum absolute atomic E-state index is 0.0563. The van der Waals surface area contributed by atoms with Gasteiger partial charge in [0.2, 0.25) is 0 Å². The van der Waals surface area contributed by atoms with E-state index >= 15 is 0 Å². The van der Waals surface area contributed by atoms with Gasteiger partial charge in [0.25, 0.3) is 0 Å². The summed E-state index contributed by atoms with van der Waals surface area (Å²) in [5.74, 6) is 0. The number of aliphatic hydroxyl groups excluding tert-OH is 1. The maximum atomic E-state index is 13.3. The fraction of sp³-hybridized carbons (Fsp3) is 0.417. The summed E-state index contributed by atoms with van der Waals surface area (Å²) in [7, 11) is -8.37. The Morgan fingerprint density at radius 2 is 1.18 bits per heavy atom. The SMILES string of the molecule is CCOC(CC(O)C/C=C/CC(S(=O)(=O)c1ccccc1)S(=O)(=O)c1ccccc1)OCC. The predicted molar refractivity (Wildman–Crippen MR) is 127 cm³/mol. The molecule has 1 N–H and O–H groups in total. The lowest BCUT2D eigenvalue weighted by molar-refractivity contribution is -0.152. The molecule has 0 radical (unpaired) electrons. The van der Waals surface area contributed by atoms with E-state index in [0.717, 1.165) is 0 Å². The van der Waals surface area contributed by atoms with Crippen molar-refractivity contribution in [2.75, 3.05) is 13.2 Å². The Morgan fingerprint density at radius 1 is 0.758 bits per heavy atom. The molecule has 9 heteroatoms. The zero-order chi connectivity index (χ0) is 24.3. The van der Waals surface area contributed by atoms with Gasteiger partial charge in [-0.05, 0) is 51.0 Å². The van der Waals surface area contributed by atoms with Gasteiger partial charge in [-0.3, -0.25) is 0 Å². The van der Waals surface area contributed by atoms with Crippen LogP contribution in [0.1, 0.15) is 33.1 Å². The highest BCUT2D eigenvalue weighted by molar-refractivity contribution is 8.09. The van der Waals surface area contributed by atoms with Gasteiger partial charge in [0, 0.05) is 19.6 Å². The van der Waals surface area contributed by atoms with E-state index in [9.17, 15) is 21.9 Å². The summed E-state index contributed by atoms with van der Waals surface area (Å²) in [5, 5.41) is 10.3. The summed E-state index contributed by atoms with van der Waals surface area (Å²) in [4.78, 5) is -0.113. The third-order valence-corrected chi connectivity index (χ3v) is 10.1. The van der Waals surface area contributed by atoms with Crippen molar-refractivity contribution in [2.45, 2.75) is 59.9 Å². The zero-order valence-corrected chi connectivity index (χ0v) is 20.5. The number of rotatable bonds is 14. The van der Waals surface area contributed by atoms with Gasteiger partial charge in [-0.1, -0.05) is 48.6 Å². The van der Waals surface area contributed by atoms with Crippen molar-refractivity contribution in [1.29, 1.82) is 0 Å². The molecule has 0 heterocycles. The van der Waals surface area contributed by atoms with E-state index in [0.29, 0.717) is 13.2 Å². The van der Waals surface area contributed by atoms with Gasteiger partial charge in [-0.2, -0.15) is 0 Å². The summed E-state index contributed by atoms with van der Waals surface area (Å²) < 4.78 is 62.2. The molecule has 2 aromatic carbocycles. The molecule has 0 saturated heterocycles. The average molecular weight is 497 g/mol. The molecule has 0 aliphatic carbocycles. The first-order valence-electron chi connectivity index (χ1n) is 10.9. The second-order valence-corrected chi connectivity index (χ2v) is 11.9. The van der Waals surface area contributed by atoms with Crippen molar-refractivity contribution in [2.24, 2.45) is 0 Å². The monoisotopic (exact) mass is 496 g/mol. The number of benzene rings is 2. The number of allylic oxidation sites excluding steroid dienone is 1. The minimum atomic E-state index is -4.18. The van der Waals surface area contributed by atoms with Crippen LogP contribution in [0.15, 0.2) is 82.6 Å². The summed E-state index contributed by atoms with van der Waals surface area (Å²) in [5.41, 5.74) is 0. The molecule has 2 aromatic rings. The van der Waals surface area contributed by atoms with E-state index in [4.69, 9.17) is 9.47 Å². The summed E-state index contributed by atoms with van der Waals surface area (Å²) in [6.45, 7) is 4.56. The van der Waals surface area contributed by atoms with E-state index in [1.54, 1.807) is 42.5 Å². The summed E-state index contributed by atoms with van der Waals surface area (Å²) >= 11 is 0. The molecule has 0 aliphatic heterocycles. The van der Waals surface area contributed by atoms with Crippen molar-refractivity contribution in [3.05, 3.63) is 72.8 Å². The van der Waals surface area contributed by atoms with Crippen LogP contribution in [0.2, 0.25) is 0 Å². The number of sulfone groups is 2. The van der Waals surface area contributed by atoms with Gasteiger partial charge in [0.1, 0.15) is 0 Å². The molecule has 7 nitrogen and oxygen atoms in total. The molecule has 0 saturated carbocycles. The van der Waals surface area contributed by atoms with Gasteiger partial charge in [-0.15, -0.1) is 0 Å². The van der Waals surface area contributed by atoms with Crippen LogP contribution < -0.4 is 0 Å². The molecule has 2 rings (SSSR count). The Hall–Kier alpha value is -2.04. The van der Waals surface area contributed by atoms with Crippen LogP contribution >= 0.6 is 0 Å². The van der Waals surface area contributed by atoms with Gasteiger partial charge < -0.3 is 14.6 Å². The highest BCUT2D eigenvalue weighted by Crippen LogP contribution is 2.28. The van der Waals surface area contributed by atoms with Crippen LogP contribution in [0.4, 0.5) is 0 Å². The molecule has 182 valence electrons. The number of hydrogen-bond acceptors (Lipinski definition) is 7. The van der Waals surface area contributed by atoms with Crippen LogP contribution in [0.3, 0.4) is 0 Å². The maximum absolute atomic E-state index is 13.3. The number of aliphatic hydroxyl groups is 1. The molecule has 33 heavy (non-hydrogen) atoms. The minimum Gasteiger partial charge on any atom is -0.393 e. The molecule has 0 fully saturated rings. The lowest BCUT2D eigenvalue weighted by atomic mass is 10.1. The van der Waals surface area contributed by atoms with Crippen LogP contribution in [-0.4, -0.2) is 52.1 Å². The molecular weight excluding hydrogens is 464 g/mol. The van der Waals surface area contributed by atoms with Crippen LogP contribution in [0.5, 0.6) is 0 Å². The first-order valence-corrected chi connectivity index (χ1v) is 14.0. The topological polar surface area (TPSA) is 107 Å². The van der Waals surface area contributed by atoms with E-state index in [1.807, 2.05) is 13.8 Å². The lowest BCUT2D eigenvalue weighted by Crippen LogP contribution is -2.30. The van der Waals surface area contributed by atoms with E-state index < -0.39 is 36.7 Å². The summed E-state index contributed by atoms with van der Waals surface area (Å²) in [6, 6.07) is 15.1. The van der Waals surface area contributed by atoms with Gasteiger partial charge >= 0.3 is 0 Å². The standard InChI is InChI=1S/C24H32O7S2/c1-3-30-23(31-4-2)19-20(25)13-11-12-18-24(32(26,27)21-14-7-5-8-15-21)33(28,29)22-16-9-6-10-17-22/h5-12,14-17,20,23-25H,3-4,13,18-19H2,1-2H3/b12-11+. The molecule has 0 aliphatic rings. The van der Waals surface area contributed by atoms with E-state index in [2.05, 4.69) is 0 Å². The molecule has 0 spiro atoms. The number of hydrogen-bond donors (Lipinski definition) is 1. The lowest BCUT2D eigenvalue weighted by Gasteiger charge is -2.19. The Bertz CT molecular complexity index is 991. The third-order valence-electron chi connectivity index (χ3n) is 4.91. The highest BCUT2D eigenvalue weighted by Gasteiger charge is 2.38. The van der Waals surface area contributed by atoms with E-state index in [-0.39, 0.29) is 29.1 Å². The maximum Gasteiger partial charge on any atom is 0.196 e. The normalized spacial score (nSPS) is 13.7. The second kappa shape index (κ2) is 13.0. The zero-order valence-electron chi connectivity index (χ0n) is 18.9. The smallest absolute Gasteiger partial charge is 0.196 e. The Morgan fingerprint density at radius 3 is 1.61 bits per heavy atom. The van der Waals surface area contributed by atoms with Gasteiger partial charge in [0.15, 0.2) is 30.5 Å². The predicted octanol–water partition coefficient (Wildman–Crippen LogP) is 3.75. The Labute approximate surface area is 196 Å². The third kappa shape index (κ3) is 7.75. The highest BCUT2D eigenvalue weighted by atomic mass is 32.3. The molecular formula is C24H32O7S2. The Kier molecular flexibility index (Phi) is 10.7. The van der Waals surface area contributed by atoms with Crippen molar-refractivity contribution in [1.82, 2.24) is 0 Å². The van der Waals surface area contributed by atoms with Gasteiger partial charge in [-0.25, -0.2) is 16.8 Å². The van der Waals surface area contributed by atoms with Crippen LogP contribution in [-0.2, 0) is 29.1 Å². The van der Waals surface area contributed by atoms with Crippen LogP contribution in [0.25, 0.3) is 0 Å². The van der Waals surface area contributed by atoms with Crippen molar-refractivity contribution in [3.8, 4) is 0 Å². The molecule has 1 unspecified atom stereocenters. The molecule has 0 aromatic heterocycles. The van der Waals surface area contributed by atoms with Crippen LogP contribution in [0, 0.1) is 0 Å².